The Morgan fingerprint density at radius 3 is 2.20 bits per heavy atom. The van der Waals surface area contributed by atoms with E-state index in [1.54, 1.807) is 18.2 Å². The minimum atomic E-state index is 0. The van der Waals surface area contributed by atoms with Crippen LogP contribution in [0.4, 0.5) is 4.39 Å². The molecule has 0 saturated carbocycles. The van der Waals surface area contributed by atoms with Crippen molar-refractivity contribution in [2.75, 3.05) is 6.54 Å². The normalized spacial score (nSPS) is 11.1. The molecule has 0 saturated heterocycles. The highest BCUT2D eigenvalue weighted by Crippen LogP contribution is 2.20. The molecular formula is C10H11Cl3FN. The smallest absolute Gasteiger partial charge is 0.0875 e. The lowest BCUT2D eigenvalue weighted by atomic mass is 10.1. The fourth-order valence-corrected chi connectivity index (χ4v) is 1.70. The molecule has 84 valence electrons. The molecule has 1 nitrogen and oxygen atoms in total. The van der Waals surface area contributed by atoms with Gasteiger partial charge in [-0.15, -0.1) is 12.4 Å². The van der Waals surface area contributed by atoms with Gasteiger partial charge in [-0.25, -0.2) is 4.39 Å². The predicted molar refractivity (Wildman–Crippen MR) is 65.7 cm³/mol. The molecule has 0 aromatic heterocycles. The molecule has 0 spiro atoms. The van der Waals surface area contributed by atoms with Crippen LogP contribution in [0.25, 0.3) is 0 Å². The number of hydrogen-bond donors (Lipinski definition) is 1. The Bertz CT molecular complexity index is 332. The van der Waals surface area contributed by atoms with Crippen LogP contribution in [-0.4, -0.2) is 6.54 Å². The molecule has 0 aliphatic heterocycles. The first kappa shape index (κ1) is 14.7. The highest BCUT2D eigenvalue weighted by Gasteiger charge is 2.01. The molecule has 0 bridgehead atoms. The molecule has 0 radical (unpaired) electrons. The average molecular weight is 271 g/mol. The van der Waals surface area contributed by atoms with Crippen LogP contribution in [0, 0.1) is 0 Å². The zero-order chi connectivity index (χ0) is 10.6. The van der Waals surface area contributed by atoms with Crippen molar-refractivity contribution in [2.24, 2.45) is 5.73 Å². The summed E-state index contributed by atoms with van der Waals surface area (Å²) in [5.41, 5.74) is 6.71. The first-order valence-corrected chi connectivity index (χ1v) is 4.84. The maximum atomic E-state index is 12.2. The molecule has 0 atom stereocenters. The van der Waals surface area contributed by atoms with E-state index in [4.69, 9.17) is 28.9 Å². The number of halogens is 4. The highest BCUT2D eigenvalue weighted by atomic mass is 35.5. The van der Waals surface area contributed by atoms with Crippen molar-refractivity contribution in [3.05, 3.63) is 45.7 Å². The molecule has 15 heavy (non-hydrogen) atoms. The number of benzene rings is 1. The van der Waals surface area contributed by atoms with Gasteiger partial charge in [-0.05, 0) is 35.8 Å². The van der Waals surface area contributed by atoms with E-state index >= 15 is 0 Å². The van der Waals surface area contributed by atoms with Gasteiger partial charge < -0.3 is 5.73 Å². The van der Waals surface area contributed by atoms with Gasteiger partial charge in [0.05, 0.1) is 6.33 Å². The third kappa shape index (κ3) is 4.85. The van der Waals surface area contributed by atoms with Crippen LogP contribution in [0.2, 0.25) is 10.0 Å². The third-order valence-corrected chi connectivity index (χ3v) is 2.21. The lowest BCUT2D eigenvalue weighted by Crippen LogP contribution is -2.05. The van der Waals surface area contributed by atoms with E-state index in [1.807, 2.05) is 0 Å². The minimum Gasteiger partial charge on any atom is -0.327 e. The topological polar surface area (TPSA) is 26.0 Å². The summed E-state index contributed by atoms with van der Waals surface area (Å²) in [6, 6.07) is 5.12. The van der Waals surface area contributed by atoms with E-state index in [2.05, 4.69) is 0 Å². The van der Waals surface area contributed by atoms with Crippen molar-refractivity contribution in [2.45, 2.75) is 6.42 Å². The van der Waals surface area contributed by atoms with Gasteiger partial charge in [0.2, 0.25) is 0 Å². The van der Waals surface area contributed by atoms with Gasteiger partial charge in [0.1, 0.15) is 0 Å². The van der Waals surface area contributed by atoms with E-state index in [9.17, 15) is 4.39 Å². The molecule has 0 heterocycles. The first-order chi connectivity index (χ1) is 6.65. The minimum absolute atomic E-state index is 0. The van der Waals surface area contributed by atoms with E-state index in [1.165, 1.54) is 0 Å². The summed E-state index contributed by atoms with van der Waals surface area (Å²) in [5, 5.41) is 1.09. The lowest BCUT2D eigenvalue weighted by Gasteiger charge is -2.04. The molecule has 2 N–H and O–H groups in total. The van der Waals surface area contributed by atoms with Crippen LogP contribution in [0.1, 0.15) is 5.56 Å². The van der Waals surface area contributed by atoms with Crippen LogP contribution in [-0.2, 0) is 6.42 Å². The fourth-order valence-electron chi connectivity index (χ4n) is 1.13. The zero-order valence-electron chi connectivity index (χ0n) is 7.84. The van der Waals surface area contributed by atoms with Crippen molar-refractivity contribution in [1.82, 2.24) is 0 Å². The molecule has 0 unspecified atom stereocenters. The van der Waals surface area contributed by atoms with E-state index in [0.717, 1.165) is 5.56 Å². The van der Waals surface area contributed by atoms with Gasteiger partial charge in [0, 0.05) is 16.6 Å². The van der Waals surface area contributed by atoms with Crippen LogP contribution >= 0.6 is 35.6 Å². The monoisotopic (exact) mass is 269 g/mol. The fraction of sp³-hybridized carbons (Fsp3) is 0.200. The van der Waals surface area contributed by atoms with Crippen molar-refractivity contribution < 1.29 is 4.39 Å². The quantitative estimate of drug-likeness (QED) is 0.889. The second-order valence-electron chi connectivity index (χ2n) is 2.93. The Morgan fingerprint density at radius 1 is 1.27 bits per heavy atom. The van der Waals surface area contributed by atoms with Crippen LogP contribution in [0.5, 0.6) is 0 Å². The van der Waals surface area contributed by atoms with Crippen molar-refractivity contribution in [1.29, 1.82) is 0 Å². The maximum Gasteiger partial charge on any atom is 0.0875 e. The summed E-state index contributed by atoms with van der Waals surface area (Å²) in [6.45, 7) is 0.195. The van der Waals surface area contributed by atoms with Crippen molar-refractivity contribution in [3.63, 3.8) is 0 Å². The molecule has 1 aromatic rings. The van der Waals surface area contributed by atoms with Gasteiger partial charge in [0.25, 0.3) is 0 Å². The molecule has 0 fully saturated rings. The number of hydrogen-bond acceptors (Lipinski definition) is 1. The van der Waals surface area contributed by atoms with Crippen molar-refractivity contribution >= 4 is 35.6 Å². The van der Waals surface area contributed by atoms with Gasteiger partial charge in [-0.2, -0.15) is 0 Å². The first-order valence-electron chi connectivity index (χ1n) is 4.09. The van der Waals surface area contributed by atoms with E-state index in [0.29, 0.717) is 28.4 Å². The SMILES string of the molecule is Cl.NC/C(=C\F)Cc1cc(Cl)cc(Cl)c1. The molecule has 1 aromatic carbocycles. The van der Waals surface area contributed by atoms with Crippen LogP contribution < -0.4 is 5.73 Å². The highest BCUT2D eigenvalue weighted by molar-refractivity contribution is 6.34. The lowest BCUT2D eigenvalue weighted by molar-refractivity contribution is 0.699. The zero-order valence-corrected chi connectivity index (χ0v) is 10.2. The summed E-state index contributed by atoms with van der Waals surface area (Å²) in [5.74, 6) is 0. The molecule has 1 rings (SSSR count). The predicted octanol–water partition coefficient (Wildman–Crippen LogP) is 3.77. The summed E-state index contributed by atoms with van der Waals surface area (Å²) >= 11 is 11.6. The van der Waals surface area contributed by atoms with E-state index in [-0.39, 0.29) is 19.0 Å². The van der Waals surface area contributed by atoms with E-state index < -0.39 is 0 Å². The second kappa shape index (κ2) is 7.07. The average Bonchev–Trinajstić information content (AvgIpc) is 2.12. The van der Waals surface area contributed by atoms with Gasteiger partial charge in [-0.3, -0.25) is 0 Å². The van der Waals surface area contributed by atoms with Crippen molar-refractivity contribution in [3.8, 4) is 0 Å². The molecule has 0 aliphatic rings. The second-order valence-corrected chi connectivity index (χ2v) is 3.80. The number of nitrogens with two attached hydrogens (primary N) is 1. The molecule has 0 amide bonds. The van der Waals surface area contributed by atoms with Crippen LogP contribution in [0.3, 0.4) is 0 Å². The summed E-state index contributed by atoms with van der Waals surface area (Å²) in [4.78, 5) is 0. The summed E-state index contributed by atoms with van der Waals surface area (Å²) in [7, 11) is 0. The van der Waals surface area contributed by atoms with Gasteiger partial charge in [-0.1, -0.05) is 23.2 Å². The Kier molecular flexibility index (Phi) is 6.94. The van der Waals surface area contributed by atoms with Crippen LogP contribution in [0.15, 0.2) is 30.1 Å². The Labute approximate surface area is 104 Å². The summed E-state index contributed by atoms with van der Waals surface area (Å²) in [6.07, 6.45) is 0.960. The molecule has 5 heteroatoms. The standard InChI is InChI=1S/C10H10Cl2FN.ClH/c11-9-2-7(3-10(12)4-9)1-8(5-13)6-14;/h2-5H,1,6,14H2;1H/b8-5-;. The largest absolute Gasteiger partial charge is 0.327 e. The Morgan fingerprint density at radius 2 is 1.80 bits per heavy atom. The molecule has 0 aliphatic carbocycles. The van der Waals surface area contributed by atoms with Gasteiger partial charge in [0.15, 0.2) is 0 Å². The van der Waals surface area contributed by atoms with Gasteiger partial charge >= 0.3 is 0 Å². The summed E-state index contributed by atoms with van der Waals surface area (Å²) < 4.78 is 12.2. The maximum absolute atomic E-state index is 12.2. The Balaban J connectivity index is 0.00000196. The third-order valence-electron chi connectivity index (χ3n) is 1.77. The number of rotatable bonds is 3. The Hall–Kier alpha value is -0.280. The molecular weight excluding hydrogens is 259 g/mol.